The van der Waals surface area contributed by atoms with Crippen LogP contribution in [-0.2, 0) is 16.5 Å². The van der Waals surface area contributed by atoms with Crippen molar-refractivity contribution in [3.05, 3.63) is 42.4 Å². The number of hydrogen-bond donors (Lipinski definition) is 1. The second kappa shape index (κ2) is 4.68. The van der Waals surface area contributed by atoms with E-state index in [1.807, 2.05) is 12.1 Å². The van der Waals surface area contributed by atoms with Gasteiger partial charge in [-0.1, -0.05) is 18.2 Å². The first-order chi connectivity index (χ1) is 8.04. The lowest BCUT2D eigenvalue weighted by atomic mass is 10.1. The summed E-state index contributed by atoms with van der Waals surface area (Å²) in [5, 5.41) is 0. The van der Waals surface area contributed by atoms with Gasteiger partial charge < -0.3 is 4.42 Å². The van der Waals surface area contributed by atoms with E-state index < -0.39 is 10.1 Å². The van der Waals surface area contributed by atoms with Crippen LogP contribution in [0, 0.1) is 0 Å². The van der Waals surface area contributed by atoms with Gasteiger partial charge in [-0.25, -0.2) is 4.98 Å². The minimum absolute atomic E-state index is 0.265. The molecule has 1 heterocycles. The summed E-state index contributed by atoms with van der Waals surface area (Å²) in [6.07, 6.45) is 3.18. The molecule has 0 radical (unpaired) electrons. The summed E-state index contributed by atoms with van der Waals surface area (Å²) in [4.78, 5) is 3.81. The fourth-order valence-electron chi connectivity index (χ4n) is 1.49. The van der Waals surface area contributed by atoms with Crippen LogP contribution in [0.15, 0.2) is 41.3 Å². The van der Waals surface area contributed by atoms with Gasteiger partial charge in [-0.15, -0.1) is 0 Å². The Kier molecular flexibility index (Phi) is 3.26. The van der Waals surface area contributed by atoms with Gasteiger partial charge in [-0.2, -0.15) is 8.42 Å². The molecule has 0 bridgehead atoms. The van der Waals surface area contributed by atoms with E-state index in [1.165, 1.54) is 6.39 Å². The van der Waals surface area contributed by atoms with E-state index in [4.69, 9.17) is 8.97 Å². The van der Waals surface area contributed by atoms with Gasteiger partial charge in [0.15, 0.2) is 12.2 Å². The fourth-order valence-corrected chi connectivity index (χ4v) is 1.98. The maximum Gasteiger partial charge on any atom is 0.265 e. The zero-order valence-electron chi connectivity index (χ0n) is 8.91. The van der Waals surface area contributed by atoms with E-state index in [9.17, 15) is 8.42 Å². The molecule has 0 fully saturated rings. The van der Waals surface area contributed by atoms with Gasteiger partial charge in [0.1, 0.15) is 0 Å². The van der Waals surface area contributed by atoms with Gasteiger partial charge in [0, 0.05) is 5.56 Å². The highest BCUT2D eigenvalue weighted by atomic mass is 32.2. The van der Waals surface area contributed by atoms with E-state index >= 15 is 0 Å². The fraction of sp³-hybridized carbons (Fsp3) is 0.182. The molecule has 1 aromatic heterocycles. The van der Waals surface area contributed by atoms with E-state index in [0.717, 1.165) is 11.1 Å². The van der Waals surface area contributed by atoms with E-state index in [2.05, 4.69) is 4.98 Å². The highest BCUT2D eigenvalue weighted by Gasteiger charge is 2.07. The smallest absolute Gasteiger partial charge is 0.265 e. The van der Waals surface area contributed by atoms with Crippen molar-refractivity contribution in [3.8, 4) is 11.3 Å². The quantitative estimate of drug-likeness (QED) is 0.840. The highest BCUT2D eigenvalue weighted by molar-refractivity contribution is 7.85. The van der Waals surface area contributed by atoms with Crippen molar-refractivity contribution in [1.82, 2.24) is 4.98 Å². The Balaban J connectivity index is 2.18. The Morgan fingerprint density at radius 1 is 1.35 bits per heavy atom. The lowest BCUT2D eigenvalue weighted by Gasteiger charge is -2.02. The summed E-state index contributed by atoms with van der Waals surface area (Å²) in [6.45, 7) is 0. The van der Waals surface area contributed by atoms with Gasteiger partial charge in [0.25, 0.3) is 10.1 Å². The molecule has 0 aliphatic rings. The average Bonchev–Trinajstić information content (AvgIpc) is 2.79. The minimum Gasteiger partial charge on any atom is -0.444 e. The molecule has 0 atom stereocenters. The average molecular weight is 253 g/mol. The van der Waals surface area contributed by atoms with E-state index in [-0.39, 0.29) is 12.2 Å². The molecule has 5 nitrogen and oxygen atoms in total. The van der Waals surface area contributed by atoms with E-state index in [1.54, 1.807) is 18.3 Å². The normalized spacial score (nSPS) is 11.6. The maximum absolute atomic E-state index is 10.6. The van der Waals surface area contributed by atoms with Crippen molar-refractivity contribution in [2.75, 3.05) is 5.75 Å². The first-order valence-electron chi connectivity index (χ1n) is 4.97. The van der Waals surface area contributed by atoms with Crippen molar-refractivity contribution in [2.24, 2.45) is 0 Å². The SMILES string of the molecule is O=S(=O)(O)CCc1cccc(-c2cnco2)c1. The lowest BCUT2D eigenvalue weighted by molar-refractivity contribution is 0.482. The Morgan fingerprint density at radius 3 is 2.82 bits per heavy atom. The molecule has 0 aliphatic carbocycles. The third-order valence-corrected chi connectivity index (χ3v) is 3.01. The molecule has 0 saturated heterocycles. The standard InChI is InChI=1S/C11H11NO4S/c13-17(14,15)5-4-9-2-1-3-10(6-9)11-7-12-8-16-11/h1-3,6-8H,4-5H2,(H,13,14,15). The molecule has 0 unspecified atom stereocenters. The topological polar surface area (TPSA) is 80.4 Å². The molecule has 90 valence electrons. The Labute approximate surface area is 98.9 Å². The molecular weight excluding hydrogens is 242 g/mol. The Hall–Kier alpha value is -1.66. The number of aryl methyl sites for hydroxylation is 1. The Bertz CT molecular complexity index is 590. The van der Waals surface area contributed by atoms with Crippen molar-refractivity contribution in [1.29, 1.82) is 0 Å². The summed E-state index contributed by atoms with van der Waals surface area (Å²) in [7, 11) is -3.92. The van der Waals surface area contributed by atoms with Crippen LogP contribution >= 0.6 is 0 Å². The molecule has 1 N–H and O–H groups in total. The van der Waals surface area contributed by atoms with Gasteiger partial charge in [0.2, 0.25) is 0 Å². The predicted molar refractivity (Wildman–Crippen MR) is 62.1 cm³/mol. The van der Waals surface area contributed by atoms with Crippen LogP contribution in [-0.4, -0.2) is 23.7 Å². The molecule has 0 amide bonds. The van der Waals surface area contributed by atoms with E-state index in [0.29, 0.717) is 5.76 Å². The van der Waals surface area contributed by atoms with Crippen LogP contribution < -0.4 is 0 Å². The summed E-state index contributed by atoms with van der Waals surface area (Å²) in [5.41, 5.74) is 1.65. The molecule has 2 rings (SSSR count). The number of aromatic nitrogens is 1. The molecule has 2 aromatic rings. The third-order valence-electron chi connectivity index (χ3n) is 2.29. The molecule has 17 heavy (non-hydrogen) atoms. The number of hydrogen-bond acceptors (Lipinski definition) is 4. The first kappa shape index (κ1) is 11.8. The maximum atomic E-state index is 10.6. The molecule has 1 aromatic carbocycles. The summed E-state index contributed by atoms with van der Waals surface area (Å²) in [6, 6.07) is 7.26. The largest absolute Gasteiger partial charge is 0.444 e. The Morgan fingerprint density at radius 2 is 2.18 bits per heavy atom. The lowest BCUT2D eigenvalue weighted by Crippen LogP contribution is -2.06. The third kappa shape index (κ3) is 3.40. The first-order valence-corrected chi connectivity index (χ1v) is 6.58. The predicted octanol–water partition coefficient (Wildman–Crippen LogP) is 1.77. The zero-order valence-corrected chi connectivity index (χ0v) is 9.72. The van der Waals surface area contributed by atoms with Crippen molar-refractivity contribution >= 4 is 10.1 Å². The van der Waals surface area contributed by atoms with Crippen LogP contribution in [0.1, 0.15) is 5.56 Å². The van der Waals surface area contributed by atoms with Crippen LogP contribution in [0.5, 0.6) is 0 Å². The molecule has 0 spiro atoms. The summed E-state index contributed by atoms with van der Waals surface area (Å²) < 4.78 is 35.1. The number of nitrogens with zero attached hydrogens (tertiary/aromatic N) is 1. The molecule has 6 heteroatoms. The monoisotopic (exact) mass is 253 g/mol. The van der Waals surface area contributed by atoms with Gasteiger partial charge in [-0.05, 0) is 18.1 Å². The molecule has 0 saturated carbocycles. The second-order valence-electron chi connectivity index (χ2n) is 3.60. The van der Waals surface area contributed by atoms with Crippen molar-refractivity contribution < 1.29 is 17.4 Å². The van der Waals surface area contributed by atoms with Crippen molar-refractivity contribution in [3.63, 3.8) is 0 Å². The van der Waals surface area contributed by atoms with Crippen LogP contribution in [0.4, 0.5) is 0 Å². The number of benzene rings is 1. The number of rotatable bonds is 4. The zero-order chi connectivity index (χ0) is 12.3. The number of oxazole rings is 1. The minimum atomic E-state index is -3.92. The van der Waals surface area contributed by atoms with Gasteiger partial charge >= 0.3 is 0 Å². The second-order valence-corrected chi connectivity index (χ2v) is 5.17. The summed E-state index contributed by atoms with van der Waals surface area (Å²) >= 11 is 0. The highest BCUT2D eigenvalue weighted by Crippen LogP contribution is 2.19. The van der Waals surface area contributed by atoms with Crippen molar-refractivity contribution in [2.45, 2.75) is 6.42 Å². The van der Waals surface area contributed by atoms with Crippen LogP contribution in [0.25, 0.3) is 11.3 Å². The van der Waals surface area contributed by atoms with Crippen LogP contribution in [0.2, 0.25) is 0 Å². The summed E-state index contributed by atoms with van der Waals surface area (Å²) in [5.74, 6) is 0.339. The van der Waals surface area contributed by atoms with Gasteiger partial charge in [-0.3, -0.25) is 4.55 Å². The molecule has 0 aliphatic heterocycles. The molecular formula is C11H11NO4S. The van der Waals surface area contributed by atoms with Gasteiger partial charge in [0.05, 0.1) is 11.9 Å². The van der Waals surface area contributed by atoms with Crippen LogP contribution in [0.3, 0.4) is 0 Å².